The third-order valence-corrected chi connectivity index (χ3v) is 2.37. The molecule has 0 unspecified atom stereocenters. The zero-order valence-corrected chi connectivity index (χ0v) is 10.1. The molecule has 0 aliphatic heterocycles. The molecule has 0 aliphatic carbocycles. The van der Waals surface area contributed by atoms with Crippen molar-refractivity contribution >= 4 is 11.7 Å². The van der Waals surface area contributed by atoms with Gasteiger partial charge in [0, 0.05) is 25.1 Å². The van der Waals surface area contributed by atoms with Crippen LogP contribution in [0.25, 0.3) is 0 Å². The molecule has 0 saturated carbocycles. The minimum atomic E-state index is -0.171. The summed E-state index contributed by atoms with van der Waals surface area (Å²) in [6, 6.07) is 3.48. The molecule has 0 fully saturated rings. The first-order valence-corrected chi connectivity index (χ1v) is 5.76. The van der Waals surface area contributed by atoms with Crippen LogP contribution in [0.15, 0.2) is 30.7 Å². The Kier molecular flexibility index (Phi) is 3.90. The number of aromatic nitrogens is 3. The minimum Gasteiger partial charge on any atom is -0.370 e. The average Bonchev–Trinajstić information content (AvgIpc) is 2.90. The third kappa shape index (κ3) is 2.85. The molecule has 2 aromatic heterocycles. The van der Waals surface area contributed by atoms with Crippen molar-refractivity contribution in [2.45, 2.75) is 13.5 Å². The number of nitrogens with one attached hydrogen (secondary N) is 3. The van der Waals surface area contributed by atoms with E-state index in [1.165, 1.54) is 0 Å². The highest BCUT2D eigenvalue weighted by Gasteiger charge is 2.11. The summed E-state index contributed by atoms with van der Waals surface area (Å²) in [5.74, 6) is 1.14. The van der Waals surface area contributed by atoms with Gasteiger partial charge in [-0.2, -0.15) is 0 Å². The van der Waals surface area contributed by atoms with Crippen molar-refractivity contribution in [3.05, 3.63) is 42.1 Å². The van der Waals surface area contributed by atoms with Crippen LogP contribution < -0.4 is 10.6 Å². The van der Waals surface area contributed by atoms with Crippen molar-refractivity contribution in [3.8, 4) is 0 Å². The topological polar surface area (TPSA) is 82.7 Å². The number of amides is 1. The second kappa shape index (κ2) is 5.81. The number of hydrogen-bond donors (Lipinski definition) is 3. The van der Waals surface area contributed by atoms with Gasteiger partial charge >= 0.3 is 0 Å². The highest BCUT2D eigenvalue weighted by Crippen LogP contribution is 2.10. The summed E-state index contributed by atoms with van der Waals surface area (Å²) in [4.78, 5) is 23.1. The molecule has 6 heteroatoms. The smallest absolute Gasteiger partial charge is 0.255 e. The number of carbonyl (C=O) groups is 1. The van der Waals surface area contributed by atoms with Crippen LogP contribution in [0.5, 0.6) is 0 Å². The second-order valence-electron chi connectivity index (χ2n) is 3.65. The van der Waals surface area contributed by atoms with E-state index in [0.717, 1.165) is 12.4 Å². The number of aromatic amines is 1. The van der Waals surface area contributed by atoms with Gasteiger partial charge in [0.05, 0.1) is 12.1 Å². The summed E-state index contributed by atoms with van der Waals surface area (Å²) in [6.07, 6.45) is 5.02. The van der Waals surface area contributed by atoms with E-state index in [4.69, 9.17) is 0 Å². The summed E-state index contributed by atoms with van der Waals surface area (Å²) in [5, 5.41) is 5.84. The molecule has 0 bridgehead atoms. The lowest BCUT2D eigenvalue weighted by atomic mass is 10.2. The van der Waals surface area contributed by atoms with Gasteiger partial charge in [0.2, 0.25) is 0 Å². The van der Waals surface area contributed by atoms with Gasteiger partial charge in [-0.05, 0) is 19.1 Å². The zero-order chi connectivity index (χ0) is 12.8. The standard InChI is InChI=1S/C12H15N5O/c1-2-13-11-9(4-3-5-16-11)12(18)17-8-10-14-6-7-15-10/h3-7H,2,8H2,1H3,(H,13,16)(H,14,15)(H,17,18). The molecule has 94 valence electrons. The predicted molar refractivity (Wildman–Crippen MR) is 68.2 cm³/mol. The highest BCUT2D eigenvalue weighted by molar-refractivity contribution is 5.98. The Hall–Kier alpha value is -2.37. The van der Waals surface area contributed by atoms with Crippen LogP contribution in [0.2, 0.25) is 0 Å². The van der Waals surface area contributed by atoms with Crippen molar-refractivity contribution < 1.29 is 4.79 Å². The first-order chi connectivity index (χ1) is 8.81. The quantitative estimate of drug-likeness (QED) is 0.738. The van der Waals surface area contributed by atoms with E-state index in [0.29, 0.717) is 17.9 Å². The Balaban J connectivity index is 2.04. The lowest BCUT2D eigenvalue weighted by Crippen LogP contribution is -2.24. The fourth-order valence-electron chi connectivity index (χ4n) is 1.55. The molecule has 6 nitrogen and oxygen atoms in total. The number of nitrogens with zero attached hydrogens (tertiary/aromatic N) is 2. The van der Waals surface area contributed by atoms with Crippen molar-refractivity contribution in [2.24, 2.45) is 0 Å². The number of rotatable bonds is 5. The van der Waals surface area contributed by atoms with Gasteiger partial charge in [0.25, 0.3) is 5.91 Å². The molecule has 3 N–H and O–H groups in total. The summed E-state index contributed by atoms with van der Waals surface area (Å²) in [7, 11) is 0. The Morgan fingerprint density at radius 3 is 3.00 bits per heavy atom. The van der Waals surface area contributed by atoms with Gasteiger partial charge in [-0.1, -0.05) is 0 Å². The van der Waals surface area contributed by atoms with E-state index in [1.807, 2.05) is 6.92 Å². The Labute approximate surface area is 105 Å². The fraction of sp³-hybridized carbons (Fsp3) is 0.250. The van der Waals surface area contributed by atoms with Gasteiger partial charge in [0.15, 0.2) is 0 Å². The number of pyridine rings is 1. The molecule has 0 spiro atoms. The molecular weight excluding hydrogens is 230 g/mol. The van der Waals surface area contributed by atoms with E-state index in [2.05, 4.69) is 25.6 Å². The average molecular weight is 245 g/mol. The molecule has 2 heterocycles. The van der Waals surface area contributed by atoms with Gasteiger partial charge in [-0.25, -0.2) is 9.97 Å². The largest absolute Gasteiger partial charge is 0.370 e. The molecule has 18 heavy (non-hydrogen) atoms. The number of anilines is 1. The van der Waals surface area contributed by atoms with Crippen molar-refractivity contribution in [1.82, 2.24) is 20.3 Å². The van der Waals surface area contributed by atoms with Crippen LogP contribution in [-0.4, -0.2) is 27.4 Å². The summed E-state index contributed by atoms with van der Waals surface area (Å²) in [6.45, 7) is 3.04. The van der Waals surface area contributed by atoms with Gasteiger partial charge in [-0.15, -0.1) is 0 Å². The Bertz CT molecular complexity index is 509. The monoisotopic (exact) mass is 245 g/mol. The van der Waals surface area contributed by atoms with Gasteiger partial charge in [-0.3, -0.25) is 4.79 Å². The van der Waals surface area contributed by atoms with Crippen LogP contribution in [0, 0.1) is 0 Å². The maximum Gasteiger partial charge on any atom is 0.255 e. The van der Waals surface area contributed by atoms with Crippen LogP contribution in [0.1, 0.15) is 23.1 Å². The van der Waals surface area contributed by atoms with Gasteiger partial charge < -0.3 is 15.6 Å². The number of imidazole rings is 1. The van der Waals surface area contributed by atoms with Crippen LogP contribution in [0.3, 0.4) is 0 Å². The molecule has 0 aliphatic rings. The van der Waals surface area contributed by atoms with E-state index in [-0.39, 0.29) is 5.91 Å². The molecule has 0 saturated heterocycles. The number of H-pyrrole nitrogens is 1. The van der Waals surface area contributed by atoms with Crippen molar-refractivity contribution in [3.63, 3.8) is 0 Å². The Morgan fingerprint density at radius 2 is 2.28 bits per heavy atom. The normalized spacial score (nSPS) is 10.1. The Morgan fingerprint density at radius 1 is 1.39 bits per heavy atom. The van der Waals surface area contributed by atoms with Crippen molar-refractivity contribution in [2.75, 3.05) is 11.9 Å². The van der Waals surface area contributed by atoms with E-state index >= 15 is 0 Å². The number of carbonyl (C=O) groups excluding carboxylic acids is 1. The lowest BCUT2D eigenvalue weighted by molar-refractivity contribution is 0.0950. The van der Waals surface area contributed by atoms with Crippen LogP contribution >= 0.6 is 0 Å². The maximum absolute atomic E-state index is 12.0. The summed E-state index contributed by atoms with van der Waals surface area (Å²) >= 11 is 0. The molecule has 0 radical (unpaired) electrons. The van der Waals surface area contributed by atoms with Crippen LogP contribution in [-0.2, 0) is 6.54 Å². The molecular formula is C12H15N5O. The van der Waals surface area contributed by atoms with E-state index in [1.54, 1.807) is 30.7 Å². The molecule has 2 aromatic rings. The number of hydrogen-bond acceptors (Lipinski definition) is 4. The summed E-state index contributed by atoms with van der Waals surface area (Å²) in [5.41, 5.74) is 0.533. The highest BCUT2D eigenvalue weighted by atomic mass is 16.1. The first-order valence-electron chi connectivity index (χ1n) is 5.76. The fourth-order valence-corrected chi connectivity index (χ4v) is 1.55. The van der Waals surface area contributed by atoms with Crippen molar-refractivity contribution in [1.29, 1.82) is 0 Å². The molecule has 0 atom stereocenters. The SMILES string of the molecule is CCNc1ncccc1C(=O)NCc1ncc[nH]1. The molecule has 1 amide bonds. The lowest BCUT2D eigenvalue weighted by Gasteiger charge is -2.09. The van der Waals surface area contributed by atoms with E-state index < -0.39 is 0 Å². The predicted octanol–water partition coefficient (Wildman–Crippen LogP) is 1.17. The van der Waals surface area contributed by atoms with E-state index in [9.17, 15) is 4.79 Å². The third-order valence-electron chi connectivity index (χ3n) is 2.37. The van der Waals surface area contributed by atoms with Crippen LogP contribution in [0.4, 0.5) is 5.82 Å². The first kappa shape index (κ1) is 12.1. The molecule has 0 aromatic carbocycles. The zero-order valence-electron chi connectivity index (χ0n) is 10.1. The summed E-state index contributed by atoms with van der Waals surface area (Å²) < 4.78 is 0. The second-order valence-corrected chi connectivity index (χ2v) is 3.65. The molecule has 2 rings (SSSR count). The maximum atomic E-state index is 12.0. The van der Waals surface area contributed by atoms with Gasteiger partial charge in [0.1, 0.15) is 11.6 Å². The minimum absolute atomic E-state index is 0.171.